The molecule has 198 valence electrons. The number of Topliss-reactive ketones (excluding diaryl/α,β-unsaturated/α-hetero) is 1. The van der Waals surface area contributed by atoms with Gasteiger partial charge in [0.25, 0.3) is 8.32 Å². The van der Waals surface area contributed by atoms with Gasteiger partial charge in [-0.15, -0.1) is 0 Å². The molecule has 1 N–H and O–H groups in total. The first kappa shape index (κ1) is 29.0. The first-order chi connectivity index (χ1) is 17.6. The number of carbonyl (C=O) groups is 1. The number of aliphatic hydroxyl groups excluding tert-OH is 1. The van der Waals surface area contributed by atoms with Gasteiger partial charge < -0.3 is 14.3 Å². The van der Waals surface area contributed by atoms with Crippen molar-refractivity contribution in [3.8, 4) is 0 Å². The van der Waals surface area contributed by atoms with E-state index in [0.29, 0.717) is 19.8 Å². The summed E-state index contributed by atoms with van der Waals surface area (Å²) in [5, 5.41) is 13.2. The molecule has 3 rings (SSSR count). The summed E-state index contributed by atoms with van der Waals surface area (Å²) in [6.07, 6.45) is -0.677. The van der Waals surface area contributed by atoms with Crippen molar-refractivity contribution in [2.75, 3.05) is 13.2 Å². The van der Waals surface area contributed by atoms with Gasteiger partial charge in [0.05, 0.1) is 19.3 Å². The summed E-state index contributed by atoms with van der Waals surface area (Å²) >= 11 is 0. The number of ether oxygens (including phenoxy) is 1. The highest BCUT2D eigenvalue weighted by Gasteiger charge is 2.50. The van der Waals surface area contributed by atoms with Crippen molar-refractivity contribution in [3.63, 3.8) is 0 Å². The van der Waals surface area contributed by atoms with Crippen LogP contribution in [0.4, 0.5) is 0 Å². The van der Waals surface area contributed by atoms with Crippen molar-refractivity contribution in [2.24, 2.45) is 11.8 Å². The van der Waals surface area contributed by atoms with Crippen LogP contribution in [0, 0.1) is 11.8 Å². The molecule has 0 spiro atoms. The van der Waals surface area contributed by atoms with Crippen LogP contribution in [0.1, 0.15) is 46.6 Å². The maximum atomic E-state index is 12.8. The molecule has 0 aromatic heterocycles. The van der Waals surface area contributed by atoms with Gasteiger partial charge >= 0.3 is 0 Å². The van der Waals surface area contributed by atoms with Crippen LogP contribution < -0.4 is 10.4 Å². The zero-order valence-electron chi connectivity index (χ0n) is 22.9. The summed E-state index contributed by atoms with van der Waals surface area (Å²) in [4.78, 5) is 12.8. The van der Waals surface area contributed by atoms with Gasteiger partial charge in [-0.2, -0.15) is 0 Å². The van der Waals surface area contributed by atoms with Crippen LogP contribution in [-0.2, 0) is 20.6 Å². The number of aliphatic hydroxyl groups is 1. The normalized spacial score (nSPS) is 14.6. The zero-order chi connectivity index (χ0) is 26.9. The molecular weight excluding hydrogens is 476 g/mol. The Balaban J connectivity index is 1.65. The molecule has 0 aliphatic rings. The fraction of sp³-hybridized carbons (Fsp3) is 0.406. The first-order valence-electron chi connectivity index (χ1n) is 13.2. The summed E-state index contributed by atoms with van der Waals surface area (Å²) in [6, 6.07) is 30.9. The van der Waals surface area contributed by atoms with Crippen LogP contribution in [0.5, 0.6) is 0 Å². The van der Waals surface area contributed by atoms with Crippen molar-refractivity contribution < 1.29 is 19.1 Å². The van der Waals surface area contributed by atoms with Gasteiger partial charge in [0.15, 0.2) is 0 Å². The molecule has 3 aromatic rings. The van der Waals surface area contributed by atoms with Crippen LogP contribution in [0.3, 0.4) is 0 Å². The Morgan fingerprint density at radius 2 is 1.30 bits per heavy atom. The highest BCUT2D eigenvalue weighted by atomic mass is 28.4. The van der Waals surface area contributed by atoms with E-state index in [2.05, 4.69) is 69.3 Å². The van der Waals surface area contributed by atoms with Crippen LogP contribution in [0.2, 0.25) is 5.04 Å². The molecule has 4 nitrogen and oxygen atoms in total. The summed E-state index contributed by atoms with van der Waals surface area (Å²) in [5.41, 5.74) is 1.08. The quantitative estimate of drug-likeness (QED) is 0.309. The predicted octanol–water partition coefficient (Wildman–Crippen LogP) is 5.37. The Hall–Kier alpha value is -2.57. The van der Waals surface area contributed by atoms with E-state index in [1.807, 2.05) is 56.3 Å². The lowest BCUT2D eigenvalue weighted by atomic mass is 9.95. The topological polar surface area (TPSA) is 55.8 Å². The highest BCUT2D eigenvalue weighted by Crippen LogP contribution is 2.37. The minimum absolute atomic E-state index is 0.0119. The smallest absolute Gasteiger partial charge is 0.261 e. The second kappa shape index (κ2) is 13.3. The molecule has 37 heavy (non-hydrogen) atoms. The molecule has 5 heteroatoms. The van der Waals surface area contributed by atoms with Crippen molar-refractivity contribution >= 4 is 24.5 Å². The molecule has 0 radical (unpaired) electrons. The molecule has 3 atom stereocenters. The van der Waals surface area contributed by atoms with Crippen molar-refractivity contribution in [3.05, 3.63) is 96.6 Å². The van der Waals surface area contributed by atoms with Gasteiger partial charge in [0.2, 0.25) is 0 Å². The lowest BCUT2D eigenvalue weighted by Gasteiger charge is -2.43. The van der Waals surface area contributed by atoms with Crippen LogP contribution >= 0.6 is 0 Å². The molecule has 3 aromatic carbocycles. The van der Waals surface area contributed by atoms with E-state index >= 15 is 0 Å². The van der Waals surface area contributed by atoms with Gasteiger partial charge in [-0.05, 0) is 21.0 Å². The molecule has 0 heterocycles. The molecule has 0 saturated carbocycles. The lowest BCUT2D eigenvalue weighted by Crippen LogP contribution is -2.67. The minimum Gasteiger partial charge on any atom is -0.407 e. The maximum absolute atomic E-state index is 12.8. The third-order valence-electron chi connectivity index (χ3n) is 7.08. The fourth-order valence-electron chi connectivity index (χ4n) is 4.76. The highest BCUT2D eigenvalue weighted by molar-refractivity contribution is 6.99. The molecule has 0 saturated heterocycles. The van der Waals surface area contributed by atoms with E-state index in [9.17, 15) is 9.90 Å². The fourth-order valence-corrected chi connectivity index (χ4v) is 9.43. The monoisotopic (exact) mass is 518 g/mol. The Morgan fingerprint density at radius 3 is 1.78 bits per heavy atom. The second-order valence-electron chi connectivity index (χ2n) is 11.1. The Labute approximate surface area is 223 Å². The third-order valence-corrected chi connectivity index (χ3v) is 12.1. The number of rotatable bonds is 13. The lowest BCUT2D eigenvalue weighted by molar-refractivity contribution is -0.127. The predicted molar refractivity (Wildman–Crippen MR) is 154 cm³/mol. The number of carbonyl (C=O) groups excluding carboxylic acids is 1. The summed E-state index contributed by atoms with van der Waals surface area (Å²) < 4.78 is 12.7. The van der Waals surface area contributed by atoms with Crippen molar-refractivity contribution in [1.82, 2.24) is 0 Å². The molecule has 0 amide bonds. The van der Waals surface area contributed by atoms with E-state index in [0.717, 1.165) is 5.56 Å². The van der Waals surface area contributed by atoms with Crippen LogP contribution in [0.25, 0.3) is 0 Å². The Kier molecular flexibility index (Phi) is 10.4. The van der Waals surface area contributed by atoms with Crippen LogP contribution in [0.15, 0.2) is 91.0 Å². The molecule has 0 unspecified atom stereocenters. The number of benzene rings is 3. The average molecular weight is 519 g/mol. The number of ketones is 1. The van der Waals surface area contributed by atoms with Gasteiger partial charge in [-0.1, -0.05) is 126 Å². The van der Waals surface area contributed by atoms with E-state index in [1.165, 1.54) is 10.4 Å². The Bertz CT molecular complexity index is 1040. The molecule has 0 aliphatic heterocycles. The van der Waals surface area contributed by atoms with E-state index < -0.39 is 14.4 Å². The minimum atomic E-state index is -2.69. The van der Waals surface area contributed by atoms with Gasteiger partial charge in [-0.3, -0.25) is 4.79 Å². The zero-order valence-corrected chi connectivity index (χ0v) is 23.9. The van der Waals surface area contributed by atoms with Crippen molar-refractivity contribution in [2.45, 2.75) is 58.8 Å². The van der Waals surface area contributed by atoms with E-state index in [-0.39, 0.29) is 29.1 Å². The molecule has 0 aliphatic carbocycles. The summed E-state index contributed by atoms with van der Waals surface area (Å²) in [6.45, 7) is 11.7. The first-order valence-corrected chi connectivity index (χ1v) is 15.1. The average Bonchev–Trinajstić information content (AvgIpc) is 2.89. The summed E-state index contributed by atoms with van der Waals surface area (Å²) in [7, 11) is -2.69. The van der Waals surface area contributed by atoms with E-state index in [4.69, 9.17) is 9.16 Å². The SMILES string of the molecule is C[C@H](CO[Si](c1ccccc1)(c1ccccc1)C(C)(C)C)[C@H](O)CC(=O)[C@@H](C)COCc1ccccc1. The number of hydrogen-bond donors (Lipinski definition) is 1. The van der Waals surface area contributed by atoms with Gasteiger partial charge in [0, 0.05) is 24.9 Å². The largest absolute Gasteiger partial charge is 0.407 e. The van der Waals surface area contributed by atoms with Gasteiger partial charge in [-0.25, -0.2) is 0 Å². The molecule has 0 bridgehead atoms. The third kappa shape index (κ3) is 7.48. The van der Waals surface area contributed by atoms with Crippen molar-refractivity contribution in [1.29, 1.82) is 0 Å². The summed E-state index contributed by atoms with van der Waals surface area (Å²) in [5.74, 6) is -0.455. The maximum Gasteiger partial charge on any atom is 0.261 e. The van der Waals surface area contributed by atoms with E-state index in [1.54, 1.807) is 0 Å². The standard InChI is InChI=1S/C32H42O4Si/c1-25(22-35-24-27-15-9-6-10-16-27)30(33)21-31(34)26(2)23-36-37(32(3,4)5,28-17-11-7-12-18-28)29-19-13-8-14-20-29/h6-20,25-26,31,34H,21-24H2,1-5H3/t25-,26+,31+/m0/s1. The van der Waals surface area contributed by atoms with Gasteiger partial charge in [0.1, 0.15) is 5.78 Å². The second-order valence-corrected chi connectivity index (χ2v) is 15.4. The van der Waals surface area contributed by atoms with Crippen LogP contribution in [-0.4, -0.2) is 38.5 Å². The number of hydrogen-bond acceptors (Lipinski definition) is 4. The molecular formula is C32H42O4Si. The molecule has 0 fully saturated rings. The Morgan fingerprint density at radius 1 is 0.811 bits per heavy atom.